The summed E-state index contributed by atoms with van der Waals surface area (Å²) in [4.78, 5) is 23.9. The summed E-state index contributed by atoms with van der Waals surface area (Å²) in [5.41, 5.74) is 0.749. The number of carbonyl (C=O) groups is 1. The van der Waals surface area contributed by atoms with Crippen LogP contribution in [0.3, 0.4) is 0 Å². The average Bonchev–Trinajstić information content (AvgIpc) is 2.47. The Hall–Kier alpha value is -2.15. The molecule has 1 aromatic rings. The van der Waals surface area contributed by atoms with Crippen LogP contribution in [0.2, 0.25) is 0 Å². The fourth-order valence-electron chi connectivity index (χ4n) is 2.22. The molecule has 0 saturated carbocycles. The van der Waals surface area contributed by atoms with Gasteiger partial charge in [0.2, 0.25) is 0 Å². The standard InChI is InChI=1S/C14H19N3O4/c1-10-8-16(11(2)7-15-10)14(18)21-9-12-3-5-13(6-4-12)17(19)20/h3-6,10-11,15H,7-9H2,1-2H3/t10-,11+/m1/s1. The fraction of sp³-hybridized carbons (Fsp3) is 0.500. The van der Waals surface area contributed by atoms with Crippen LogP contribution in [0.4, 0.5) is 10.5 Å². The lowest BCUT2D eigenvalue weighted by Crippen LogP contribution is -2.56. The molecule has 1 saturated heterocycles. The number of nitro benzene ring substituents is 1. The van der Waals surface area contributed by atoms with Gasteiger partial charge in [-0.25, -0.2) is 4.79 Å². The average molecular weight is 293 g/mol. The first-order valence-corrected chi connectivity index (χ1v) is 6.87. The highest BCUT2D eigenvalue weighted by Crippen LogP contribution is 2.14. The summed E-state index contributed by atoms with van der Waals surface area (Å²) in [7, 11) is 0. The van der Waals surface area contributed by atoms with Crippen LogP contribution in [0.5, 0.6) is 0 Å². The molecule has 1 fully saturated rings. The minimum Gasteiger partial charge on any atom is -0.445 e. The molecule has 7 nitrogen and oxygen atoms in total. The van der Waals surface area contributed by atoms with Gasteiger partial charge in [-0.15, -0.1) is 0 Å². The Bertz CT molecular complexity index is 517. The van der Waals surface area contributed by atoms with Crippen molar-refractivity contribution in [3.63, 3.8) is 0 Å². The van der Waals surface area contributed by atoms with E-state index in [-0.39, 0.29) is 30.5 Å². The second kappa shape index (κ2) is 6.53. The van der Waals surface area contributed by atoms with Crippen LogP contribution in [-0.2, 0) is 11.3 Å². The quantitative estimate of drug-likeness (QED) is 0.679. The summed E-state index contributed by atoms with van der Waals surface area (Å²) in [6, 6.07) is 6.32. The zero-order valence-electron chi connectivity index (χ0n) is 12.1. The Kier molecular flexibility index (Phi) is 4.74. The number of carbonyl (C=O) groups excluding carboxylic acids is 1. The van der Waals surface area contributed by atoms with Crippen molar-refractivity contribution >= 4 is 11.8 Å². The maximum atomic E-state index is 12.1. The van der Waals surface area contributed by atoms with Crippen molar-refractivity contribution in [3.8, 4) is 0 Å². The van der Waals surface area contributed by atoms with E-state index >= 15 is 0 Å². The molecule has 1 N–H and O–H groups in total. The first kappa shape index (κ1) is 15.2. The summed E-state index contributed by atoms with van der Waals surface area (Å²) in [6.07, 6.45) is -0.353. The highest BCUT2D eigenvalue weighted by Gasteiger charge is 2.27. The molecular weight excluding hydrogens is 274 g/mol. The molecule has 7 heteroatoms. The lowest BCUT2D eigenvalue weighted by molar-refractivity contribution is -0.384. The van der Waals surface area contributed by atoms with Crippen LogP contribution >= 0.6 is 0 Å². The Labute approximate surface area is 123 Å². The molecule has 1 aromatic carbocycles. The minimum absolute atomic E-state index is 0.0228. The fourth-order valence-corrected chi connectivity index (χ4v) is 2.22. The molecule has 0 unspecified atom stereocenters. The highest BCUT2D eigenvalue weighted by molar-refractivity contribution is 5.68. The van der Waals surface area contributed by atoms with Crippen LogP contribution in [0.15, 0.2) is 24.3 Å². The number of amides is 1. The van der Waals surface area contributed by atoms with Crippen LogP contribution in [-0.4, -0.2) is 41.1 Å². The minimum atomic E-state index is -0.459. The number of rotatable bonds is 3. The Morgan fingerprint density at radius 3 is 2.71 bits per heavy atom. The predicted octanol–water partition coefficient (Wildman–Crippen LogP) is 1.91. The lowest BCUT2D eigenvalue weighted by Gasteiger charge is -2.36. The van der Waals surface area contributed by atoms with Crippen LogP contribution < -0.4 is 5.32 Å². The van der Waals surface area contributed by atoms with Gasteiger partial charge in [0.25, 0.3) is 5.69 Å². The van der Waals surface area contributed by atoms with Gasteiger partial charge in [0.05, 0.1) is 4.92 Å². The number of ether oxygens (including phenoxy) is 1. The van der Waals surface area contributed by atoms with E-state index in [1.165, 1.54) is 12.1 Å². The zero-order chi connectivity index (χ0) is 15.4. The van der Waals surface area contributed by atoms with Crippen molar-refractivity contribution in [2.45, 2.75) is 32.5 Å². The monoisotopic (exact) mass is 293 g/mol. The molecule has 114 valence electrons. The molecule has 0 aromatic heterocycles. The van der Waals surface area contributed by atoms with Gasteiger partial charge >= 0.3 is 6.09 Å². The van der Waals surface area contributed by atoms with Gasteiger partial charge < -0.3 is 15.0 Å². The topological polar surface area (TPSA) is 84.7 Å². The van der Waals surface area contributed by atoms with Gasteiger partial charge in [-0.3, -0.25) is 10.1 Å². The molecule has 2 rings (SSSR count). The Morgan fingerprint density at radius 2 is 2.10 bits per heavy atom. The van der Waals surface area contributed by atoms with E-state index in [0.717, 1.165) is 12.1 Å². The van der Waals surface area contributed by atoms with E-state index in [2.05, 4.69) is 5.32 Å². The van der Waals surface area contributed by atoms with E-state index in [1.807, 2.05) is 13.8 Å². The van der Waals surface area contributed by atoms with Crippen molar-refractivity contribution in [3.05, 3.63) is 39.9 Å². The van der Waals surface area contributed by atoms with Gasteiger partial charge in [0.15, 0.2) is 0 Å². The van der Waals surface area contributed by atoms with Crippen molar-refractivity contribution < 1.29 is 14.5 Å². The molecule has 1 aliphatic heterocycles. The number of benzene rings is 1. The number of nitrogens with zero attached hydrogens (tertiary/aromatic N) is 2. The van der Waals surface area contributed by atoms with E-state index in [4.69, 9.17) is 4.74 Å². The summed E-state index contributed by atoms with van der Waals surface area (Å²) in [6.45, 7) is 5.45. The van der Waals surface area contributed by atoms with Gasteiger partial charge in [-0.2, -0.15) is 0 Å². The molecular formula is C14H19N3O4. The maximum absolute atomic E-state index is 12.1. The molecule has 0 aliphatic carbocycles. The van der Waals surface area contributed by atoms with Crippen LogP contribution in [0, 0.1) is 10.1 Å². The van der Waals surface area contributed by atoms with E-state index in [9.17, 15) is 14.9 Å². The van der Waals surface area contributed by atoms with Crippen LogP contribution in [0.1, 0.15) is 19.4 Å². The molecule has 2 atom stereocenters. The number of piperazine rings is 1. The number of nitro groups is 1. The second-order valence-electron chi connectivity index (χ2n) is 5.29. The smallest absolute Gasteiger partial charge is 0.410 e. The number of hydrogen-bond donors (Lipinski definition) is 1. The van der Waals surface area contributed by atoms with Crippen LogP contribution in [0.25, 0.3) is 0 Å². The van der Waals surface area contributed by atoms with Gasteiger partial charge in [0, 0.05) is 37.3 Å². The zero-order valence-corrected chi connectivity index (χ0v) is 12.1. The molecule has 1 aliphatic rings. The molecule has 1 amide bonds. The molecule has 0 bridgehead atoms. The normalized spacial score (nSPS) is 21.9. The first-order chi connectivity index (χ1) is 9.97. The third-order valence-corrected chi connectivity index (χ3v) is 3.51. The second-order valence-corrected chi connectivity index (χ2v) is 5.29. The predicted molar refractivity (Wildman–Crippen MR) is 76.9 cm³/mol. The lowest BCUT2D eigenvalue weighted by atomic mass is 10.1. The van der Waals surface area contributed by atoms with E-state index < -0.39 is 4.92 Å². The largest absolute Gasteiger partial charge is 0.445 e. The van der Waals surface area contributed by atoms with Gasteiger partial charge in [-0.05, 0) is 31.5 Å². The molecule has 0 radical (unpaired) electrons. The molecule has 1 heterocycles. The Morgan fingerprint density at radius 1 is 1.43 bits per heavy atom. The van der Waals surface area contributed by atoms with E-state index in [1.54, 1.807) is 17.0 Å². The summed E-state index contributed by atoms with van der Waals surface area (Å²) in [5, 5.41) is 13.9. The van der Waals surface area contributed by atoms with Crippen molar-refractivity contribution in [1.29, 1.82) is 0 Å². The first-order valence-electron chi connectivity index (χ1n) is 6.87. The van der Waals surface area contributed by atoms with E-state index in [0.29, 0.717) is 6.54 Å². The molecule has 0 spiro atoms. The van der Waals surface area contributed by atoms with Gasteiger partial charge in [0.1, 0.15) is 6.61 Å². The number of nitrogens with one attached hydrogen (secondary N) is 1. The van der Waals surface area contributed by atoms with Crippen molar-refractivity contribution in [2.24, 2.45) is 0 Å². The maximum Gasteiger partial charge on any atom is 0.410 e. The Balaban J connectivity index is 1.89. The third-order valence-electron chi connectivity index (χ3n) is 3.51. The van der Waals surface area contributed by atoms with Gasteiger partial charge in [-0.1, -0.05) is 0 Å². The third kappa shape index (κ3) is 3.91. The van der Waals surface area contributed by atoms with Crippen molar-refractivity contribution in [2.75, 3.05) is 13.1 Å². The highest BCUT2D eigenvalue weighted by atomic mass is 16.6. The van der Waals surface area contributed by atoms with Crippen molar-refractivity contribution in [1.82, 2.24) is 10.2 Å². The summed E-state index contributed by atoms with van der Waals surface area (Å²) in [5.74, 6) is 0. The number of hydrogen-bond acceptors (Lipinski definition) is 5. The SMILES string of the molecule is C[C@@H]1CN(C(=O)OCc2ccc([N+](=O)[O-])cc2)[C@@H](C)CN1. The number of non-ortho nitro benzene ring substituents is 1. The molecule has 21 heavy (non-hydrogen) atoms. The summed E-state index contributed by atoms with van der Waals surface area (Å²) < 4.78 is 5.28. The summed E-state index contributed by atoms with van der Waals surface area (Å²) >= 11 is 0.